The Labute approximate surface area is 107 Å². The first-order chi connectivity index (χ1) is 8.66. The third-order valence-electron chi connectivity index (χ3n) is 2.85. The lowest BCUT2D eigenvalue weighted by Gasteiger charge is -2.13. The number of hydrogen-bond acceptors (Lipinski definition) is 2. The van der Waals surface area contributed by atoms with Crippen LogP contribution in [0.25, 0.3) is 0 Å². The van der Waals surface area contributed by atoms with Gasteiger partial charge in [-0.05, 0) is 37.6 Å². The maximum Gasteiger partial charge on any atom is 0.251 e. The SMILES string of the molecule is Cc1ccc(C(=O)NC(C)c2cccnc2)cc1. The Bertz CT molecular complexity index is 520. The minimum atomic E-state index is -0.0636. The largest absolute Gasteiger partial charge is 0.345 e. The van der Waals surface area contributed by atoms with Crippen LogP contribution in [0.5, 0.6) is 0 Å². The van der Waals surface area contributed by atoms with Gasteiger partial charge in [-0.1, -0.05) is 23.8 Å². The van der Waals surface area contributed by atoms with Gasteiger partial charge < -0.3 is 5.32 Å². The molecule has 3 nitrogen and oxygen atoms in total. The first-order valence-electron chi connectivity index (χ1n) is 5.94. The molecule has 0 radical (unpaired) electrons. The fraction of sp³-hybridized carbons (Fsp3) is 0.200. The summed E-state index contributed by atoms with van der Waals surface area (Å²) in [6.45, 7) is 3.95. The normalized spacial score (nSPS) is 11.9. The number of nitrogens with zero attached hydrogens (tertiary/aromatic N) is 1. The third kappa shape index (κ3) is 2.94. The quantitative estimate of drug-likeness (QED) is 0.896. The second-order valence-corrected chi connectivity index (χ2v) is 4.35. The van der Waals surface area contributed by atoms with E-state index >= 15 is 0 Å². The molecule has 1 heterocycles. The second kappa shape index (κ2) is 5.45. The topological polar surface area (TPSA) is 42.0 Å². The molecule has 1 aromatic heterocycles. The summed E-state index contributed by atoms with van der Waals surface area (Å²) in [4.78, 5) is 16.1. The highest BCUT2D eigenvalue weighted by Gasteiger charge is 2.10. The van der Waals surface area contributed by atoms with Crippen LogP contribution in [0.4, 0.5) is 0 Å². The summed E-state index contributed by atoms with van der Waals surface area (Å²) in [6.07, 6.45) is 3.48. The van der Waals surface area contributed by atoms with Crippen molar-refractivity contribution >= 4 is 5.91 Å². The molecule has 1 aromatic carbocycles. The minimum Gasteiger partial charge on any atom is -0.345 e. The summed E-state index contributed by atoms with van der Waals surface area (Å²) in [5.74, 6) is -0.0636. The maximum absolute atomic E-state index is 12.0. The van der Waals surface area contributed by atoms with E-state index in [9.17, 15) is 4.79 Å². The number of aryl methyl sites for hydroxylation is 1. The van der Waals surface area contributed by atoms with Crippen molar-refractivity contribution in [2.24, 2.45) is 0 Å². The smallest absolute Gasteiger partial charge is 0.251 e. The van der Waals surface area contributed by atoms with Crippen molar-refractivity contribution in [1.82, 2.24) is 10.3 Å². The van der Waals surface area contributed by atoms with Gasteiger partial charge in [0.1, 0.15) is 0 Å². The molecule has 18 heavy (non-hydrogen) atoms. The molecule has 0 aliphatic carbocycles. The third-order valence-corrected chi connectivity index (χ3v) is 2.85. The summed E-state index contributed by atoms with van der Waals surface area (Å²) in [7, 11) is 0. The van der Waals surface area contributed by atoms with E-state index < -0.39 is 0 Å². The van der Waals surface area contributed by atoms with Crippen LogP contribution in [0.2, 0.25) is 0 Å². The van der Waals surface area contributed by atoms with Crippen LogP contribution < -0.4 is 5.32 Å². The van der Waals surface area contributed by atoms with E-state index in [0.717, 1.165) is 11.1 Å². The first kappa shape index (κ1) is 12.3. The summed E-state index contributed by atoms with van der Waals surface area (Å²) in [5.41, 5.74) is 2.82. The van der Waals surface area contributed by atoms with Gasteiger partial charge in [-0.25, -0.2) is 0 Å². The molecule has 92 valence electrons. The van der Waals surface area contributed by atoms with Gasteiger partial charge in [0.05, 0.1) is 6.04 Å². The average Bonchev–Trinajstić information content (AvgIpc) is 2.40. The average molecular weight is 240 g/mol. The number of benzene rings is 1. The van der Waals surface area contributed by atoms with Crippen molar-refractivity contribution in [1.29, 1.82) is 0 Å². The van der Waals surface area contributed by atoms with Crippen LogP contribution in [0.3, 0.4) is 0 Å². The van der Waals surface area contributed by atoms with E-state index in [1.54, 1.807) is 12.4 Å². The molecule has 0 saturated heterocycles. The lowest BCUT2D eigenvalue weighted by atomic mass is 10.1. The van der Waals surface area contributed by atoms with Gasteiger partial charge in [-0.2, -0.15) is 0 Å². The van der Waals surface area contributed by atoms with E-state index in [1.165, 1.54) is 0 Å². The van der Waals surface area contributed by atoms with Crippen molar-refractivity contribution in [3.05, 3.63) is 65.5 Å². The summed E-state index contributed by atoms with van der Waals surface area (Å²) in [6, 6.07) is 11.3. The van der Waals surface area contributed by atoms with E-state index in [2.05, 4.69) is 10.3 Å². The standard InChI is InChI=1S/C15H16N2O/c1-11-5-7-13(8-6-11)15(18)17-12(2)14-4-3-9-16-10-14/h3-10,12H,1-2H3,(H,17,18). The van der Waals surface area contributed by atoms with Crippen molar-refractivity contribution in [3.8, 4) is 0 Å². The predicted octanol–water partition coefficient (Wildman–Crippen LogP) is 2.88. The zero-order valence-corrected chi connectivity index (χ0v) is 10.6. The molecule has 3 heteroatoms. The monoisotopic (exact) mass is 240 g/mol. The Morgan fingerprint density at radius 3 is 2.56 bits per heavy atom. The van der Waals surface area contributed by atoms with Gasteiger partial charge >= 0.3 is 0 Å². The highest BCUT2D eigenvalue weighted by Crippen LogP contribution is 2.11. The van der Waals surface area contributed by atoms with Crippen molar-refractivity contribution in [2.75, 3.05) is 0 Å². The highest BCUT2D eigenvalue weighted by atomic mass is 16.1. The second-order valence-electron chi connectivity index (χ2n) is 4.35. The Kier molecular flexibility index (Phi) is 3.72. The van der Waals surface area contributed by atoms with Crippen molar-refractivity contribution in [2.45, 2.75) is 19.9 Å². The number of rotatable bonds is 3. The Hall–Kier alpha value is -2.16. The highest BCUT2D eigenvalue weighted by molar-refractivity contribution is 5.94. The van der Waals surface area contributed by atoms with Gasteiger partial charge in [0.25, 0.3) is 5.91 Å². The van der Waals surface area contributed by atoms with E-state index in [1.807, 2.05) is 50.2 Å². The Balaban J connectivity index is 2.06. The summed E-state index contributed by atoms with van der Waals surface area (Å²) in [5, 5.41) is 2.95. The zero-order chi connectivity index (χ0) is 13.0. The van der Waals surface area contributed by atoms with Gasteiger partial charge in [0.2, 0.25) is 0 Å². The summed E-state index contributed by atoms with van der Waals surface area (Å²) >= 11 is 0. The minimum absolute atomic E-state index is 0.0486. The number of carbonyl (C=O) groups is 1. The van der Waals surface area contributed by atoms with Crippen LogP contribution in [0, 0.1) is 6.92 Å². The molecule has 0 aliphatic heterocycles. The zero-order valence-electron chi connectivity index (χ0n) is 10.6. The van der Waals surface area contributed by atoms with Crippen LogP contribution in [0.15, 0.2) is 48.8 Å². The molecule has 1 unspecified atom stereocenters. The molecule has 0 saturated carbocycles. The molecule has 1 N–H and O–H groups in total. The lowest BCUT2D eigenvalue weighted by molar-refractivity contribution is 0.0940. The Morgan fingerprint density at radius 2 is 1.94 bits per heavy atom. The maximum atomic E-state index is 12.0. The molecule has 0 aliphatic rings. The van der Waals surface area contributed by atoms with E-state index in [4.69, 9.17) is 0 Å². The number of amides is 1. The molecule has 2 rings (SSSR count). The number of aromatic nitrogens is 1. The molecular formula is C15H16N2O. The molecular weight excluding hydrogens is 224 g/mol. The molecule has 0 bridgehead atoms. The molecule has 1 atom stereocenters. The number of pyridine rings is 1. The molecule has 1 amide bonds. The van der Waals surface area contributed by atoms with Crippen LogP contribution >= 0.6 is 0 Å². The number of nitrogens with one attached hydrogen (secondary N) is 1. The first-order valence-corrected chi connectivity index (χ1v) is 5.94. The van der Waals surface area contributed by atoms with Gasteiger partial charge in [-0.3, -0.25) is 9.78 Å². The molecule has 0 spiro atoms. The fourth-order valence-electron chi connectivity index (χ4n) is 1.70. The predicted molar refractivity (Wildman–Crippen MR) is 71.3 cm³/mol. The van der Waals surface area contributed by atoms with Crippen LogP contribution in [-0.2, 0) is 0 Å². The van der Waals surface area contributed by atoms with E-state index in [0.29, 0.717) is 5.56 Å². The fourth-order valence-corrected chi connectivity index (χ4v) is 1.70. The number of hydrogen-bond donors (Lipinski definition) is 1. The number of carbonyl (C=O) groups excluding carboxylic acids is 1. The van der Waals surface area contributed by atoms with Gasteiger partial charge in [0, 0.05) is 18.0 Å². The van der Waals surface area contributed by atoms with E-state index in [-0.39, 0.29) is 11.9 Å². The van der Waals surface area contributed by atoms with Crippen LogP contribution in [0.1, 0.15) is 34.5 Å². The van der Waals surface area contributed by atoms with Crippen molar-refractivity contribution in [3.63, 3.8) is 0 Å². The Morgan fingerprint density at radius 1 is 1.22 bits per heavy atom. The van der Waals surface area contributed by atoms with Gasteiger partial charge in [0.15, 0.2) is 0 Å². The lowest BCUT2D eigenvalue weighted by Crippen LogP contribution is -2.26. The summed E-state index contributed by atoms with van der Waals surface area (Å²) < 4.78 is 0. The molecule has 0 fully saturated rings. The van der Waals surface area contributed by atoms with Crippen molar-refractivity contribution < 1.29 is 4.79 Å². The molecule has 2 aromatic rings. The van der Waals surface area contributed by atoms with Crippen LogP contribution in [-0.4, -0.2) is 10.9 Å². The van der Waals surface area contributed by atoms with Gasteiger partial charge in [-0.15, -0.1) is 0 Å².